The highest BCUT2D eigenvalue weighted by Gasteiger charge is 2.48. The molecule has 1 heterocycles. The molecule has 1 unspecified atom stereocenters. The molecule has 1 atom stereocenters. The molecule has 1 aliphatic carbocycles. The fraction of sp³-hybridized carbons (Fsp3) is 0.400. The van der Waals surface area contributed by atoms with Gasteiger partial charge in [-0.1, -0.05) is 66.7 Å². The summed E-state index contributed by atoms with van der Waals surface area (Å²) in [6.45, 7) is 5.17. The molecule has 2 aromatic rings. The van der Waals surface area contributed by atoms with E-state index in [1.54, 1.807) is 0 Å². The van der Waals surface area contributed by atoms with Gasteiger partial charge in [0.15, 0.2) is 5.79 Å². The van der Waals surface area contributed by atoms with Crippen LogP contribution in [0, 0.1) is 0 Å². The second-order valence-electron chi connectivity index (χ2n) is 8.03. The standard InChI is InChI=1S/C25H29NO3/c1-2-9-22(20-10-5-3-6-11-20)23(27)26-24(21-12-7-4-8-13-21)14-16-25(17-15-24)28-18-19-29-25/h2-8,10-13,22H,1,9,14-19H2,(H,26,27). The van der Waals surface area contributed by atoms with E-state index in [2.05, 4.69) is 24.0 Å². The van der Waals surface area contributed by atoms with Crippen LogP contribution in [0.4, 0.5) is 0 Å². The van der Waals surface area contributed by atoms with E-state index >= 15 is 0 Å². The fourth-order valence-corrected chi connectivity index (χ4v) is 4.66. The molecule has 4 heteroatoms. The molecule has 2 aliphatic rings. The lowest BCUT2D eigenvalue weighted by molar-refractivity contribution is -0.187. The summed E-state index contributed by atoms with van der Waals surface area (Å²) < 4.78 is 11.8. The number of amides is 1. The number of rotatable bonds is 6. The number of hydrogen-bond donors (Lipinski definition) is 1. The largest absolute Gasteiger partial charge is 0.348 e. The summed E-state index contributed by atoms with van der Waals surface area (Å²) in [5.74, 6) is -0.670. The van der Waals surface area contributed by atoms with Gasteiger partial charge in [0.05, 0.1) is 24.7 Å². The lowest BCUT2D eigenvalue weighted by atomic mass is 9.73. The van der Waals surface area contributed by atoms with Gasteiger partial charge in [-0.05, 0) is 30.4 Å². The molecule has 1 amide bonds. The minimum Gasteiger partial charge on any atom is -0.348 e. The molecule has 1 saturated heterocycles. The van der Waals surface area contributed by atoms with Gasteiger partial charge in [0.25, 0.3) is 0 Å². The zero-order chi connectivity index (χ0) is 20.2. The summed E-state index contributed by atoms with van der Waals surface area (Å²) >= 11 is 0. The van der Waals surface area contributed by atoms with Crippen molar-refractivity contribution in [2.24, 2.45) is 0 Å². The monoisotopic (exact) mass is 391 g/mol. The Labute approximate surface area is 172 Å². The molecule has 1 aliphatic heterocycles. The molecule has 4 rings (SSSR count). The maximum absolute atomic E-state index is 13.5. The number of ether oxygens (including phenoxy) is 2. The van der Waals surface area contributed by atoms with E-state index in [1.165, 1.54) is 0 Å². The van der Waals surface area contributed by atoms with Crippen LogP contribution in [-0.4, -0.2) is 24.9 Å². The molecule has 4 nitrogen and oxygen atoms in total. The topological polar surface area (TPSA) is 47.6 Å². The van der Waals surface area contributed by atoms with Crippen molar-refractivity contribution in [1.29, 1.82) is 0 Å². The first-order valence-corrected chi connectivity index (χ1v) is 10.5. The molecule has 1 spiro atoms. The Morgan fingerprint density at radius 1 is 0.966 bits per heavy atom. The molecular formula is C25H29NO3. The minimum atomic E-state index is -0.469. The van der Waals surface area contributed by atoms with Crippen molar-refractivity contribution in [1.82, 2.24) is 5.32 Å². The molecule has 1 N–H and O–H groups in total. The Balaban J connectivity index is 1.60. The summed E-state index contributed by atoms with van der Waals surface area (Å²) in [6, 6.07) is 20.3. The summed E-state index contributed by atoms with van der Waals surface area (Å²) in [5, 5.41) is 3.44. The molecule has 29 heavy (non-hydrogen) atoms. The minimum absolute atomic E-state index is 0.0455. The van der Waals surface area contributed by atoms with Gasteiger partial charge >= 0.3 is 0 Å². The maximum Gasteiger partial charge on any atom is 0.228 e. The Kier molecular flexibility index (Phi) is 5.84. The van der Waals surface area contributed by atoms with E-state index < -0.39 is 11.3 Å². The molecule has 0 aromatic heterocycles. The molecular weight excluding hydrogens is 362 g/mol. The van der Waals surface area contributed by atoms with Crippen LogP contribution in [0.5, 0.6) is 0 Å². The first-order chi connectivity index (χ1) is 14.2. The van der Waals surface area contributed by atoms with E-state index in [-0.39, 0.29) is 11.8 Å². The van der Waals surface area contributed by atoms with E-state index in [0.29, 0.717) is 19.6 Å². The highest BCUT2D eigenvalue weighted by atomic mass is 16.7. The van der Waals surface area contributed by atoms with Crippen LogP contribution in [0.25, 0.3) is 0 Å². The van der Waals surface area contributed by atoms with Crippen molar-refractivity contribution in [2.75, 3.05) is 13.2 Å². The van der Waals surface area contributed by atoms with Crippen molar-refractivity contribution < 1.29 is 14.3 Å². The Morgan fingerprint density at radius 3 is 2.14 bits per heavy atom. The van der Waals surface area contributed by atoms with Crippen molar-refractivity contribution in [3.8, 4) is 0 Å². The van der Waals surface area contributed by atoms with Crippen LogP contribution in [0.15, 0.2) is 73.3 Å². The zero-order valence-electron chi connectivity index (χ0n) is 16.8. The predicted molar refractivity (Wildman–Crippen MR) is 113 cm³/mol. The van der Waals surface area contributed by atoms with Gasteiger partial charge in [-0.25, -0.2) is 0 Å². The molecule has 1 saturated carbocycles. The number of allylic oxidation sites excluding steroid dienone is 1. The van der Waals surface area contributed by atoms with Crippen LogP contribution in [0.2, 0.25) is 0 Å². The quantitative estimate of drug-likeness (QED) is 0.728. The van der Waals surface area contributed by atoms with Crippen molar-refractivity contribution in [3.63, 3.8) is 0 Å². The zero-order valence-corrected chi connectivity index (χ0v) is 16.8. The number of hydrogen-bond acceptors (Lipinski definition) is 3. The first kappa shape index (κ1) is 19.9. The number of carbonyl (C=O) groups excluding carboxylic acids is 1. The molecule has 2 fully saturated rings. The molecule has 0 radical (unpaired) electrons. The van der Waals surface area contributed by atoms with Gasteiger partial charge in [0.2, 0.25) is 5.91 Å². The summed E-state index contributed by atoms with van der Waals surface area (Å²) in [6.07, 6.45) is 5.56. The summed E-state index contributed by atoms with van der Waals surface area (Å²) in [4.78, 5) is 13.5. The van der Waals surface area contributed by atoms with E-state index in [1.807, 2.05) is 54.6 Å². The SMILES string of the molecule is C=CCC(C(=O)NC1(c2ccccc2)CCC2(CC1)OCCO2)c1ccccc1. The Morgan fingerprint density at radius 2 is 1.55 bits per heavy atom. The van der Waals surface area contributed by atoms with Gasteiger partial charge in [0, 0.05) is 12.8 Å². The van der Waals surface area contributed by atoms with Crippen LogP contribution in [0.3, 0.4) is 0 Å². The second kappa shape index (κ2) is 8.52. The second-order valence-corrected chi connectivity index (χ2v) is 8.03. The fourth-order valence-electron chi connectivity index (χ4n) is 4.66. The van der Waals surface area contributed by atoms with Crippen molar-refractivity contribution >= 4 is 5.91 Å². The van der Waals surface area contributed by atoms with Crippen LogP contribution >= 0.6 is 0 Å². The Bertz CT molecular complexity index is 818. The first-order valence-electron chi connectivity index (χ1n) is 10.5. The highest BCUT2D eigenvalue weighted by Crippen LogP contribution is 2.45. The van der Waals surface area contributed by atoms with E-state index in [9.17, 15) is 4.79 Å². The average Bonchev–Trinajstić information content (AvgIpc) is 3.23. The van der Waals surface area contributed by atoms with Gasteiger partial charge in [-0.2, -0.15) is 0 Å². The molecule has 2 aromatic carbocycles. The molecule has 0 bridgehead atoms. The third kappa shape index (κ3) is 4.14. The van der Waals surface area contributed by atoms with Crippen molar-refractivity contribution in [2.45, 2.75) is 49.3 Å². The Hall–Kier alpha value is -2.43. The smallest absolute Gasteiger partial charge is 0.228 e. The third-order valence-corrected chi connectivity index (χ3v) is 6.29. The number of benzene rings is 2. The highest BCUT2D eigenvalue weighted by molar-refractivity contribution is 5.84. The predicted octanol–water partition coefficient (Wildman–Crippen LogP) is 4.68. The molecule has 152 valence electrons. The van der Waals surface area contributed by atoms with Crippen LogP contribution in [0.1, 0.15) is 49.1 Å². The summed E-state index contributed by atoms with van der Waals surface area (Å²) in [7, 11) is 0. The normalized spacial score (nSPS) is 20.8. The van der Waals surface area contributed by atoms with Gasteiger partial charge in [-0.3, -0.25) is 4.79 Å². The third-order valence-electron chi connectivity index (χ3n) is 6.29. The lowest BCUT2D eigenvalue weighted by Gasteiger charge is -2.45. The number of carbonyl (C=O) groups is 1. The van der Waals surface area contributed by atoms with Gasteiger partial charge in [-0.15, -0.1) is 6.58 Å². The summed E-state index contributed by atoms with van der Waals surface area (Å²) in [5.41, 5.74) is 1.75. The lowest BCUT2D eigenvalue weighted by Crippen LogP contribution is -2.53. The van der Waals surface area contributed by atoms with E-state index in [0.717, 1.165) is 36.8 Å². The average molecular weight is 392 g/mol. The van der Waals surface area contributed by atoms with Gasteiger partial charge in [0.1, 0.15) is 0 Å². The number of nitrogens with one attached hydrogen (secondary N) is 1. The van der Waals surface area contributed by atoms with Crippen molar-refractivity contribution in [3.05, 3.63) is 84.4 Å². The van der Waals surface area contributed by atoms with E-state index in [4.69, 9.17) is 9.47 Å². The maximum atomic E-state index is 13.5. The van der Waals surface area contributed by atoms with Crippen LogP contribution in [-0.2, 0) is 19.8 Å². The van der Waals surface area contributed by atoms with Crippen LogP contribution < -0.4 is 5.32 Å². The van der Waals surface area contributed by atoms with Gasteiger partial charge < -0.3 is 14.8 Å².